The lowest BCUT2D eigenvalue weighted by Gasteiger charge is -2.33. The molecule has 0 aliphatic heterocycles. The van der Waals surface area contributed by atoms with Crippen molar-refractivity contribution < 1.29 is 24.1 Å². The van der Waals surface area contributed by atoms with Gasteiger partial charge in [0.25, 0.3) is 0 Å². The number of rotatable bonds is 10. The van der Waals surface area contributed by atoms with E-state index >= 15 is 0 Å². The molecular weight excluding hydrogens is 310 g/mol. The number of benzene rings is 1. The van der Waals surface area contributed by atoms with Crippen LogP contribution in [0.25, 0.3) is 0 Å². The molecule has 0 spiro atoms. The maximum absolute atomic E-state index is 11.3. The number of methoxy groups -OCH3 is 1. The van der Waals surface area contributed by atoms with Crippen molar-refractivity contribution in [2.45, 2.75) is 39.0 Å². The summed E-state index contributed by atoms with van der Waals surface area (Å²) in [4.78, 5) is 12.7. The summed E-state index contributed by atoms with van der Waals surface area (Å²) in [5, 5.41) is 9.27. The highest BCUT2D eigenvalue weighted by Crippen LogP contribution is 2.13. The van der Waals surface area contributed by atoms with Crippen molar-refractivity contribution in [3.05, 3.63) is 35.9 Å². The molecule has 0 bridgehead atoms. The maximum atomic E-state index is 11.3. The van der Waals surface area contributed by atoms with E-state index in [-0.39, 0.29) is 6.10 Å². The van der Waals surface area contributed by atoms with Crippen LogP contribution >= 0.6 is 0 Å². The second kappa shape index (κ2) is 10.3. The van der Waals surface area contributed by atoms with Crippen LogP contribution in [-0.4, -0.2) is 61.2 Å². The molecule has 1 unspecified atom stereocenters. The van der Waals surface area contributed by atoms with Gasteiger partial charge in [0, 0.05) is 19.2 Å². The molecule has 1 rings (SSSR count). The van der Waals surface area contributed by atoms with Crippen LogP contribution in [0.1, 0.15) is 26.3 Å². The van der Waals surface area contributed by atoms with Gasteiger partial charge in [-0.3, -0.25) is 0 Å². The third-order valence-corrected chi connectivity index (χ3v) is 3.48. The zero-order valence-corrected chi connectivity index (χ0v) is 15.0. The average Bonchev–Trinajstić information content (AvgIpc) is 2.50. The molecule has 1 aromatic carbocycles. The van der Waals surface area contributed by atoms with Crippen LogP contribution in [0.3, 0.4) is 0 Å². The normalized spacial score (nSPS) is 12.8. The summed E-state index contributed by atoms with van der Waals surface area (Å²) in [5.41, 5.74) is 0.633. The van der Waals surface area contributed by atoms with Gasteiger partial charge in [-0.1, -0.05) is 30.3 Å². The lowest BCUT2D eigenvalue weighted by atomic mass is 10.1. The number of amides is 1. The minimum atomic E-state index is -0.949. The van der Waals surface area contributed by atoms with Gasteiger partial charge in [-0.2, -0.15) is 0 Å². The maximum Gasteiger partial charge on any atom is 0.407 e. The standard InChI is InChI=1S/C18H29NO5/c1-18(2,3)19(17(20)21)10-11-24-16(13-22-4)14-23-12-15-8-6-5-7-9-15/h5-9,16H,10-14H2,1-4H3,(H,20,21). The van der Waals surface area contributed by atoms with Crippen LogP contribution in [0.4, 0.5) is 4.79 Å². The summed E-state index contributed by atoms with van der Waals surface area (Å²) in [6.45, 7) is 7.48. The molecule has 1 aromatic rings. The van der Waals surface area contributed by atoms with Crippen LogP contribution < -0.4 is 0 Å². The highest BCUT2D eigenvalue weighted by Gasteiger charge is 2.25. The predicted molar refractivity (Wildman–Crippen MR) is 92.2 cm³/mol. The third-order valence-electron chi connectivity index (χ3n) is 3.48. The summed E-state index contributed by atoms with van der Waals surface area (Å²) < 4.78 is 16.6. The Kier molecular flexibility index (Phi) is 8.74. The van der Waals surface area contributed by atoms with E-state index in [2.05, 4.69) is 0 Å². The Hall–Kier alpha value is -1.63. The average molecular weight is 339 g/mol. The van der Waals surface area contributed by atoms with Crippen LogP contribution in [0.2, 0.25) is 0 Å². The van der Waals surface area contributed by atoms with Gasteiger partial charge in [-0.15, -0.1) is 0 Å². The van der Waals surface area contributed by atoms with Gasteiger partial charge in [0.15, 0.2) is 0 Å². The smallest absolute Gasteiger partial charge is 0.407 e. The van der Waals surface area contributed by atoms with Gasteiger partial charge in [0.05, 0.1) is 26.4 Å². The van der Waals surface area contributed by atoms with E-state index in [4.69, 9.17) is 14.2 Å². The van der Waals surface area contributed by atoms with E-state index in [1.807, 2.05) is 51.1 Å². The molecule has 1 N–H and O–H groups in total. The molecule has 24 heavy (non-hydrogen) atoms. The number of carbonyl (C=O) groups is 1. The van der Waals surface area contributed by atoms with Gasteiger partial charge in [-0.25, -0.2) is 4.79 Å². The van der Waals surface area contributed by atoms with E-state index in [9.17, 15) is 9.90 Å². The molecule has 0 aliphatic carbocycles. The quantitative estimate of drug-likeness (QED) is 0.710. The Balaban J connectivity index is 2.38. The van der Waals surface area contributed by atoms with Crippen molar-refractivity contribution in [1.29, 1.82) is 0 Å². The predicted octanol–water partition coefficient (Wildman–Crippen LogP) is 3.01. The van der Waals surface area contributed by atoms with E-state index in [1.165, 1.54) is 4.90 Å². The molecule has 0 aromatic heterocycles. The molecule has 0 heterocycles. The SMILES string of the molecule is COCC(COCc1ccccc1)OCCN(C(=O)O)C(C)(C)C. The van der Waals surface area contributed by atoms with Crippen molar-refractivity contribution in [1.82, 2.24) is 4.90 Å². The fourth-order valence-corrected chi connectivity index (χ4v) is 2.24. The summed E-state index contributed by atoms with van der Waals surface area (Å²) in [6, 6.07) is 9.90. The molecule has 0 radical (unpaired) electrons. The molecule has 0 saturated heterocycles. The summed E-state index contributed by atoms with van der Waals surface area (Å²) >= 11 is 0. The zero-order valence-electron chi connectivity index (χ0n) is 15.0. The Bertz CT molecular complexity index is 472. The number of carboxylic acid groups (broad SMARTS) is 1. The minimum absolute atomic E-state index is 0.227. The number of hydrogen-bond acceptors (Lipinski definition) is 4. The van der Waals surface area contributed by atoms with E-state index in [1.54, 1.807) is 7.11 Å². The van der Waals surface area contributed by atoms with Gasteiger partial charge in [-0.05, 0) is 26.3 Å². The van der Waals surface area contributed by atoms with E-state index < -0.39 is 11.6 Å². The van der Waals surface area contributed by atoms with Crippen molar-refractivity contribution >= 4 is 6.09 Å². The zero-order chi connectivity index (χ0) is 18.0. The van der Waals surface area contributed by atoms with Crippen LogP contribution in [0, 0.1) is 0 Å². The summed E-state index contributed by atoms with van der Waals surface area (Å²) in [7, 11) is 1.60. The molecule has 6 heteroatoms. The van der Waals surface area contributed by atoms with E-state index in [0.29, 0.717) is 33.0 Å². The molecule has 1 atom stereocenters. The molecule has 6 nitrogen and oxygen atoms in total. The van der Waals surface area contributed by atoms with Crippen molar-refractivity contribution in [2.24, 2.45) is 0 Å². The molecule has 0 fully saturated rings. The number of hydrogen-bond donors (Lipinski definition) is 1. The lowest BCUT2D eigenvalue weighted by molar-refractivity contribution is -0.0612. The van der Waals surface area contributed by atoms with Crippen molar-refractivity contribution in [3.8, 4) is 0 Å². The molecular formula is C18H29NO5. The minimum Gasteiger partial charge on any atom is -0.465 e. The largest absolute Gasteiger partial charge is 0.465 e. The van der Waals surface area contributed by atoms with Gasteiger partial charge in [0.1, 0.15) is 6.10 Å². The van der Waals surface area contributed by atoms with Gasteiger partial charge >= 0.3 is 6.09 Å². The monoisotopic (exact) mass is 339 g/mol. The van der Waals surface area contributed by atoms with E-state index in [0.717, 1.165) is 5.56 Å². The topological polar surface area (TPSA) is 68.2 Å². The molecule has 0 aliphatic rings. The number of nitrogens with zero attached hydrogens (tertiary/aromatic N) is 1. The summed E-state index contributed by atoms with van der Waals surface area (Å²) in [6.07, 6.45) is -1.18. The second-order valence-corrected chi connectivity index (χ2v) is 6.55. The first-order valence-corrected chi connectivity index (χ1v) is 8.07. The van der Waals surface area contributed by atoms with Crippen LogP contribution in [0.5, 0.6) is 0 Å². The van der Waals surface area contributed by atoms with Crippen LogP contribution in [0.15, 0.2) is 30.3 Å². The molecule has 136 valence electrons. The fourth-order valence-electron chi connectivity index (χ4n) is 2.24. The van der Waals surface area contributed by atoms with Gasteiger partial charge < -0.3 is 24.2 Å². The Morgan fingerprint density at radius 1 is 1.21 bits per heavy atom. The highest BCUT2D eigenvalue weighted by atomic mass is 16.6. The second-order valence-electron chi connectivity index (χ2n) is 6.55. The first-order valence-electron chi connectivity index (χ1n) is 8.07. The lowest BCUT2D eigenvalue weighted by Crippen LogP contribution is -2.47. The van der Waals surface area contributed by atoms with Gasteiger partial charge in [0.2, 0.25) is 0 Å². The Morgan fingerprint density at radius 3 is 2.42 bits per heavy atom. The summed E-state index contributed by atoms with van der Waals surface area (Å²) in [5.74, 6) is 0. The third kappa shape index (κ3) is 7.77. The Labute approximate surface area is 144 Å². The Morgan fingerprint density at radius 2 is 1.88 bits per heavy atom. The highest BCUT2D eigenvalue weighted by molar-refractivity contribution is 5.65. The number of ether oxygens (including phenoxy) is 3. The fraction of sp³-hybridized carbons (Fsp3) is 0.611. The van der Waals surface area contributed by atoms with Crippen LogP contribution in [-0.2, 0) is 20.8 Å². The first kappa shape index (κ1) is 20.4. The van der Waals surface area contributed by atoms with Crippen molar-refractivity contribution in [2.75, 3.05) is 33.5 Å². The molecule has 1 amide bonds. The molecule has 0 saturated carbocycles. The van der Waals surface area contributed by atoms with Crippen molar-refractivity contribution in [3.63, 3.8) is 0 Å². The first-order chi connectivity index (χ1) is 11.3.